The minimum Gasteiger partial charge on any atom is -0.496 e. The molecule has 0 amide bonds. The summed E-state index contributed by atoms with van der Waals surface area (Å²) >= 11 is 0. The van der Waals surface area contributed by atoms with E-state index in [4.69, 9.17) is 4.74 Å². The summed E-state index contributed by atoms with van der Waals surface area (Å²) in [5.41, 5.74) is 6.37. The molecule has 0 spiro atoms. The molecule has 0 heterocycles. The van der Waals surface area contributed by atoms with Gasteiger partial charge in [0.15, 0.2) is 0 Å². The van der Waals surface area contributed by atoms with Gasteiger partial charge in [-0.05, 0) is 70.6 Å². The monoisotopic (exact) mass is 326 g/mol. The van der Waals surface area contributed by atoms with E-state index in [1.54, 1.807) is 7.11 Å². The molecule has 0 saturated heterocycles. The molecule has 0 aliphatic rings. The minimum absolute atomic E-state index is 0.942. The van der Waals surface area contributed by atoms with Gasteiger partial charge in [0, 0.05) is 5.56 Å². The van der Waals surface area contributed by atoms with Crippen LogP contribution in [0.5, 0.6) is 5.75 Å². The first kappa shape index (κ1) is 15.7. The standard InChI is InChI=1S/C24H22O/c1-15-13-18-9-5-7-11-20(18)16(2)23(15)24-17(3)21-12-8-6-10-19(21)14-22(24)25-4/h5-14H,1-4H3. The summed E-state index contributed by atoms with van der Waals surface area (Å²) in [6, 6.07) is 21.6. The van der Waals surface area contributed by atoms with E-state index in [1.165, 1.54) is 49.4 Å². The summed E-state index contributed by atoms with van der Waals surface area (Å²) < 4.78 is 5.81. The lowest BCUT2D eigenvalue weighted by molar-refractivity contribution is 0.417. The van der Waals surface area contributed by atoms with E-state index < -0.39 is 0 Å². The predicted molar refractivity (Wildman–Crippen MR) is 108 cm³/mol. The molecule has 4 aromatic rings. The van der Waals surface area contributed by atoms with Crippen LogP contribution in [0.15, 0.2) is 60.7 Å². The first-order valence-electron chi connectivity index (χ1n) is 8.67. The van der Waals surface area contributed by atoms with Crippen LogP contribution in [-0.4, -0.2) is 7.11 Å². The van der Waals surface area contributed by atoms with Crippen molar-refractivity contribution < 1.29 is 4.74 Å². The number of ether oxygens (including phenoxy) is 1. The smallest absolute Gasteiger partial charge is 0.127 e. The molecule has 0 bridgehead atoms. The molecule has 0 aliphatic heterocycles. The lowest BCUT2D eigenvalue weighted by Crippen LogP contribution is -1.97. The first-order chi connectivity index (χ1) is 12.1. The Morgan fingerprint density at radius 2 is 1.16 bits per heavy atom. The molecule has 0 N–H and O–H groups in total. The quantitative estimate of drug-likeness (QED) is 0.403. The van der Waals surface area contributed by atoms with Crippen LogP contribution in [0, 0.1) is 20.8 Å². The Kier molecular flexibility index (Phi) is 3.73. The fourth-order valence-electron chi connectivity index (χ4n) is 4.05. The summed E-state index contributed by atoms with van der Waals surface area (Å²) in [6.07, 6.45) is 0. The summed E-state index contributed by atoms with van der Waals surface area (Å²) in [4.78, 5) is 0. The van der Waals surface area contributed by atoms with Gasteiger partial charge in [0.2, 0.25) is 0 Å². The van der Waals surface area contributed by atoms with Gasteiger partial charge in [0.25, 0.3) is 0 Å². The largest absolute Gasteiger partial charge is 0.496 e. The van der Waals surface area contributed by atoms with Crippen molar-refractivity contribution in [2.75, 3.05) is 7.11 Å². The number of methoxy groups -OCH3 is 1. The van der Waals surface area contributed by atoms with E-state index in [-0.39, 0.29) is 0 Å². The SMILES string of the molecule is COc1cc2ccccc2c(C)c1-c1c(C)cc2ccccc2c1C. The van der Waals surface area contributed by atoms with E-state index in [0.717, 1.165) is 5.75 Å². The Hall–Kier alpha value is -2.80. The van der Waals surface area contributed by atoms with Crippen molar-refractivity contribution in [1.29, 1.82) is 0 Å². The average Bonchev–Trinajstić information content (AvgIpc) is 2.63. The van der Waals surface area contributed by atoms with E-state index in [0.29, 0.717) is 0 Å². The van der Waals surface area contributed by atoms with Crippen molar-refractivity contribution in [3.8, 4) is 16.9 Å². The molecule has 0 radical (unpaired) electrons. The van der Waals surface area contributed by atoms with Gasteiger partial charge in [0.1, 0.15) is 5.75 Å². The maximum atomic E-state index is 5.81. The van der Waals surface area contributed by atoms with Crippen molar-refractivity contribution in [1.82, 2.24) is 0 Å². The normalized spacial score (nSPS) is 11.2. The average molecular weight is 326 g/mol. The zero-order valence-electron chi connectivity index (χ0n) is 15.2. The molecule has 0 saturated carbocycles. The zero-order chi connectivity index (χ0) is 17.6. The number of hydrogen-bond acceptors (Lipinski definition) is 1. The van der Waals surface area contributed by atoms with E-state index in [9.17, 15) is 0 Å². The Morgan fingerprint density at radius 1 is 0.640 bits per heavy atom. The molecule has 0 unspecified atom stereocenters. The number of benzene rings is 4. The highest BCUT2D eigenvalue weighted by atomic mass is 16.5. The lowest BCUT2D eigenvalue weighted by Gasteiger charge is -2.20. The van der Waals surface area contributed by atoms with Crippen LogP contribution in [-0.2, 0) is 0 Å². The van der Waals surface area contributed by atoms with Gasteiger partial charge >= 0.3 is 0 Å². The van der Waals surface area contributed by atoms with Crippen LogP contribution in [0.4, 0.5) is 0 Å². The highest BCUT2D eigenvalue weighted by Crippen LogP contribution is 2.42. The molecule has 4 aromatic carbocycles. The molecule has 124 valence electrons. The fraction of sp³-hybridized carbons (Fsp3) is 0.167. The number of fused-ring (bicyclic) bond motifs is 2. The zero-order valence-corrected chi connectivity index (χ0v) is 15.2. The van der Waals surface area contributed by atoms with E-state index >= 15 is 0 Å². The molecule has 25 heavy (non-hydrogen) atoms. The van der Waals surface area contributed by atoms with Crippen molar-refractivity contribution >= 4 is 21.5 Å². The van der Waals surface area contributed by atoms with Gasteiger partial charge in [-0.25, -0.2) is 0 Å². The predicted octanol–water partition coefficient (Wildman–Crippen LogP) is 6.59. The summed E-state index contributed by atoms with van der Waals surface area (Å²) in [5.74, 6) is 0.942. The van der Waals surface area contributed by atoms with Crippen LogP contribution >= 0.6 is 0 Å². The third-order valence-electron chi connectivity index (χ3n) is 5.25. The van der Waals surface area contributed by atoms with Gasteiger partial charge < -0.3 is 4.74 Å². The fourth-order valence-corrected chi connectivity index (χ4v) is 4.05. The molecular formula is C24H22O. The molecule has 0 aromatic heterocycles. The van der Waals surface area contributed by atoms with Gasteiger partial charge in [-0.15, -0.1) is 0 Å². The molecule has 0 atom stereocenters. The molecule has 4 rings (SSSR count). The molecule has 1 nitrogen and oxygen atoms in total. The highest BCUT2D eigenvalue weighted by Gasteiger charge is 2.18. The Morgan fingerprint density at radius 3 is 1.76 bits per heavy atom. The second-order valence-electron chi connectivity index (χ2n) is 6.71. The minimum atomic E-state index is 0.942. The van der Waals surface area contributed by atoms with E-state index in [2.05, 4.69) is 81.4 Å². The molecule has 0 fully saturated rings. The van der Waals surface area contributed by atoms with Crippen LogP contribution < -0.4 is 4.74 Å². The van der Waals surface area contributed by atoms with Crippen LogP contribution in [0.25, 0.3) is 32.7 Å². The topological polar surface area (TPSA) is 9.23 Å². The number of aryl methyl sites for hydroxylation is 3. The van der Waals surface area contributed by atoms with Crippen molar-refractivity contribution in [2.24, 2.45) is 0 Å². The Balaban J connectivity index is 2.15. The van der Waals surface area contributed by atoms with Gasteiger partial charge in [-0.1, -0.05) is 54.6 Å². The Bertz CT molecular complexity index is 1110. The lowest BCUT2D eigenvalue weighted by atomic mass is 9.86. The summed E-state index contributed by atoms with van der Waals surface area (Å²) in [6.45, 7) is 6.62. The first-order valence-corrected chi connectivity index (χ1v) is 8.67. The van der Waals surface area contributed by atoms with Crippen LogP contribution in [0.3, 0.4) is 0 Å². The number of rotatable bonds is 2. The third-order valence-corrected chi connectivity index (χ3v) is 5.25. The second-order valence-corrected chi connectivity index (χ2v) is 6.71. The van der Waals surface area contributed by atoms with Crippen molar-refractivity contribution in [3.05, 3.63) is 77.4 Å². The van der Waals surface area contributed by atoms with Gasteiger partial charge in [-0.3, -0.25) is 0 Å². The Labute approximate surface area is 148 Å². The third kappa shape index (κ3) is 2.39. The molecular weight excluding hydrogens is 304 g/mol. The summed E-state index contributed by atoms with van der Waals surface area (Å²) in [7, 11) is 1.76. The number of hydrogen-bond donors (Lipinski definition) is 0. The van der Waals surface area contributed by atoms with E-state index in [1.807, 2.05) is 0 Å². The molecule has 0 aliphatic carbocycles. The van der Waals surface area contributed by atoms with Gasteiger partial charge in [0.05, 0.1) is 7.11 Å². The van der Waals surface area contributed by atoms with Crippen molar-refractivity contribution in [3.63, 3.8) is 0 Å². The van der Waals surface area contributed by atoms with Crippen molar-refractivity contribution in [2.45, 2.75) is 20.8 Å². The maximum absolute atomic E-state index is 5.81. The van der Waals surface area contributed by atoms with Gasteiger partial charge in [-0.2, -0.15) is 0 Å². The highest BCUT2D eigenvalue weighted by molar-refractivity contribution is 6.00. The molecule has 1 heteroatoms. The van der Waals surface area contributed by atoms with Crippen LogP contribution in [0.1, 0.15) is 16.7 Å². The van der Waals surface area contributed by atoms with Crippen LogP contribution in [0.2, 0.25) is 0 Å². The second kappa shape index (κ2) is 5.93. The summed E-state index contributed by atoms with van der Waals surface area (Å²) in [5, 5.41) is 5.10. The maximum Gasteiger partial charge on any atom is 0.127 e.